The zero-order chi connectivity index (χ0) is 16.8. The van der Waals surface area contributed by atoms with Crippen LogP contribution in [0.1, 0.15) is 38.5 Å². The van der Waals surface area contributed by atoms with Gasteiger partial charge in [0.05, 0.1) is 5.69 Å². The van der Waals surface area contributed by atoms with Gasteiger partial charge < -0.3 is 20.7 Å². The first-order valence-electron chi connectivity index (χ1n) is 8.82. The summed E-state index contributed by atoms with van der Waals surface area (Å²) in [6.45, 7) is 1.34. The van der Waals surface area contributed by atoms with Gasteiger partial charge in [0.1, 0.15) is 5.75 Å². The van der Waals surface area contributed by atoms with Crippen molar-refractivity contribution in [3.8, 4) is 5.75 Å². The van der Waals surface area contributed by atoms with Crippen LogP contribution in [0.15, 0.2) is 29.3 Å². The van der Waals surface area contributed by atoms with Gasteiger partial charge in [-0.2, -0.15) is 0 Å². The van der Waals surface area contributed by atoms with Gasteiger partial charge in [-0.25, -0.2) is 0 Å². The molecule has 0 radical (unpaired) electrons. The molecule has 2 aliphatic rings. The zero-order valence-electron chi connectivity index (χ0n) is 14.4. The highest BCUT2D eigenvalue weighted by Gasteiger charge is 2.24. The van der Waals surface area contributed by atoms with Gasteiger partial charge in [0.15, 0.2) is 12.6 Å². The van der Waals surface area contributed by atoms with E-state index in [2.05, 4.69) is 10.3 Å². The molecule has 1 aromatic rings. The normalized spacial score (nSPS) is 18.2. The zero-order valence-corrected chi connectivity index (χ0v) is 16.8. The Labute approximate surface area is 166 Å². The van der Waals surface area contributed by atoms with Crippen molar-refractivity contribution in [2.24, 2.45) is 10.7 Å². The van der Waals surface area contributed by atoms with Crippen molar-refractivity contribution < 1.29 is 9.53 Å². The molecule has 0 unspecified atom stereocenters. The minimum atomic E-state index is -0.00835. The summed E-state index contributed by atoms with van der Waals surface area (Å²) in [4.78, 5) is 18.3. The highest BCUT2D eigenvalue weighted by molar-refractivity contribution is 14.0. The number of para-hydroxylation sites is 2. The van der Waals surface area contributed by atoms with Gasteiger partial charge in [-0.05, 0) is 31.4 Å². The van der Waals surface area contributed by atoms with Crippen molar-refractivity contribution in [2.45, 2.75) is 44.6 Å². The molecule has 6 nitrogen and oxygen atoms in total. The summed E-state index contributed by atoms with van der Waals surface area (Å²) in [5.41, 5.74) is 6.80. The molecule has 1 aliphatic carbocycles. The second-order valence-corrected chi connectivity index (χ2v) is 6.40. The van der Waals surface area contributed by atoms with Crippen LogP contribution in [0.2, 0.25) is 0 Å². The number of carbonyl (C=O) groups excluding carboxylic acids is 1. The van der Waals surface area contributed by atoms with E-state index < -0.39 is 0 Å². The Morgan fingerprint density at radius 1 is 1.28 bits per heavy atom. The van der Waals surface area contributed by atoms with Crippen LogP contribution in [-0.4, -0.2) is 37.6 Å². The number of fused-ring (bicyclic) bond motifs is 1. The number of halogens is 1. The van der Waals surface area contributed by atoms with Crippen LogP contribution >= 0.6 is 24.0 Å². The Bertz CT molecular complexity index is 602. The molecule has 0 saturated heterocycles. The van der Waals surface area contributed by atoms with E-state index in [1.54, 1.807) is 4.90 Å². The van der Waals surface area contributed by atoms with Gasteiger partial charge in [0, 0.05) is 19.1 Å². The summed E-state index contributed by atoms with van der Waals surface area (Å²) >= 11 is 0. The van der Waals surface area contributed by atoms with E-state index in [1.807, 2.05) is 24.3 Å². The third-order valence-corrected chi connectivity index (χ3v) is 4.59. The maximum Gasteiger partial charge on any atom is 0.265 e. The molecule has 1 fully saturated rings. The van der Waals surface area contributed by atoms with Crippen molar-refractivity contribution in [3.63, 3.8) is 0 Å². The second kappa shape index (κ2) is 9.84. The Hall–Kier alpha value is -1.51. The molecule has 0 aromatic heterocycles. The van der Waals surface area contributed by atoms with Crippen LogP contribution < -0.4 is 20.7 Å². The molecule has 0 atom stereocenters. The molecule has 3 N–H and O–H groups in total. The summed E-state index contributed by atoms with van der Waals surface area (Å²) in [7, 11) is 0. The Morgan fingerprint density at radius 3 is 2.84 bits per heavy atom. The molecular weight excluding hydrogens is 431 g/mol. The van der Waals surface area contributed by atoms with E-state index in [1.165, 1.54) is 32.1 Å². The van der Waals surface area contributed by atoms with E-state index in [0.717, 1.165) is 17.9 Å². The average molecular weight is 458 g/mol. The predicted molar refractivity (Wildman–Crippen MR) is 111 cm³/mol. The highest BCUT2D eigenvalue weighted by Crippen LogP contribution is 2.31. The number of rotatable bonds is 5. The minimum absolute atomic E-state index is 0. The summed E-state index contributed by atoms with van der Waals surface area (Å²) in [5.74, 6) is 1.28. The standard InChI is InChI=1S/C18H26N4O2.HI/c19-18(21-14-7-2-1-3-8-14)20-11-6-12-22-15-9-4-5-10-16(15)24-13-17(22)23;/h4-5,9-10,14H,1-3,6-8,11-13H2,(H3,19,20,21);1H. The van der Waals surface area contributed by atoms with Gasteiger partial charge in [0.25, 0.3) is 5.91 Å². The number of amides is 1. The number of aliphatic imine (C=N–C) groups is 1. The van der Waals surface area contributed by atoms with Crippen molar-refractivity contribution >= 4 is 41.5 Å². The van der Waals surface area contributed by atoms with Crippen molar-refractivity contribution in [1.82, 2.24) is 5.32 Å². The molecule has 25 heavy (non-hydrogen) atoms. The van der Waals surface area contributed by atoms with Crippen LogP contribution in [-0.2, 0) is 4.79 Å². The fourth-order valence-corrected chi connectivity index (χ4v) is 3.33. The molecule has 1 heterocycles. The third-order valence-electron chi connectivity index (χ3n) is 4.59. The van der Waals surface area contributed by atoms with E-state index in [9.17, 15) is 4.79 Å². The lowest BCUT2D eigenvalue weighted by molar-refractivity contribution is -0.121. The third kappa shape index (κ3) is 5.49. The number of nitrogens with one attached hydrogen (secondary N) is 1. The lowest BCUT2D eigenvalue weighted by atomic mass is 9.96. The predicted octanol–water partition coefficient (Wildman–Crippen LogP) is 2.66. The number of benzene rings is 1. The Morgan fingerprint density at radius 2 is 2.04 bits per heavy atom. The number of ether oxygens (including phenoxy) is 1. The molecule has 0 bridgehead atoms. The first kappa shape index (κ1) is 19.8. The molecule has 138 valence electrons. The van der Waals surface area contributed by atoms with Crippen LogP contribution in [0.5, 0.6) is 5.75 Å². The van der Waals surface area contributed by atoms with E-state index in [4.69, 9.17) is 10.5 Å². The van der Waals surface area contributed by atoms with Crippen LogP contribution in [0, 0.1) is 0 Å². The number of carbonyl (C=O) groups is 1. The first-order valence-corrected chi connectivity index (χ1v) is 8.82. The Balaban J connectivity index is 0.00000225. The molecule has 1 aliphatic heterocycles. The fraction of sp³-hybridized carbons (Fsp3) is 0.556. The Kier molecular flexibility index (Phi) is 7.80. The second-order valence-electron chi connectivity index (χ2n) is 6.40. The van der Waals surface area contributed by atoms with E-state index >= 15 is 0 Å². The molecule has 0 spiro atoms. The highest BCUT2D eigenvalue weighted by atomic mass is 127. The molecule has 3 rings (SSSR count). The van der Waals surface area contributed by atoms with Crippen molar-refractivity contribution in [2.75, 3.05) is 24.6 Å². The van der Waals surface area contributed by atoms with Crippen molar-refractivity contribution in [1.29, 1.82) is 0 Å². The minimum Gasteiger partial charge on any atom is -0.482 e. The number of hydrogen-bond acceptors (Lipinski definition) is 3. The lowest BCUT2D eigenvalue weighted by Gasteiger charge is -2.29. The topological polar surface area (TPSA) is 80.0 Å². The lowest BCUT2D eigenvalue weighted by Crippen LogP contribution is -2.41. The van der Waals surface area contributed by atoms with Gasteiger partial charge in [0.2, 0.25) is 0 Å². The summed E-state index contributed by atoms with van der Waals surface area (Å²) < 4.78 is 5.45. The number of hydrogen-bond donors (Lipinski definition) is 2. The van der Waals surface area contributed by atoms with Gasteiger partial charge in [-0.3, -0.25) is 9.79 Å². The SMILES string of the molecule is I.NC(=NCCCN1C(=O)COc2ccccc21)NC1CCCCC1. The molecule has 7 heteroatoms. The van der Waals surface area contributed by atoms with Gasteiger partial charge >= 0.3 is 0 Å². The monoisotopic (exact) mass is 458 g/mol. The number of nitrogens with two attached hydrogens (primary N) is 1. The van der Waals surface area contributed by atoms with Crippen LogP contribution in [0.3, 0.4) is 0 Å². The molecule has 1 saturated carbocycles. The number of guanidine groups is 1. The summed E-state index contributed by atoms with van der Waals surface area (Å²) in [6.07, 6.45) is 6.98. The maximum atomic E-state index is 12.1. The maximum absolute atomic E-state index is 12.1. The molecule has 1 amide bonds. The quantitative estimate of drug-likeness (QED) is 0.308. The van der Waals surface area contributed by atoms with Gasteiger partial charge in [-0.15, -0.1) is 24.0 Å². The smallest absolute Gasteiger partial charge is 0.265 e. The van der Waals surface area contributed by atoms with E-state index in [-0.39, 0.29) is 36.5 Å². The van der Waals surface area contributed by atoms with Gasteiger partial charge in [-0.1, -0.05) is 31.4 Å². The fourth-order valence-electron chi connectivity index (χ4n) is 3.33. The first-order chi connectivity index (χ1) is 11.7. The summed E-state index contributed by atoms with van der Waals surface area (Å²) in [5, 5.41) is 3.31. The van der Waals surface area contributed by atoms with Crippen LogP contribution in [0.4, 0.5) is 5.69 Å². The molecular formula is C18H27IN4O2. The van der Waals surface area contributed by atoms with Crippen molar-refractivity contribution in [3.05, 3.63) is 24.3 Å². The number of nitrogens with zero attached hydrogens (tertiary/aromatic N) is 2. The average Bonchev–Trinajstić information content (AvgIpc) is 2.61. The molecule has 1 aromatic carbocycles. The largest absolute Gasteiger partial charge is 0.482 e. The number of anilines is 1. The summed E-state index contributed by atoms with van der Waals surface area (Å²) in [6, 6.07) is 8.09. The van der Waals surface area contributed by atoms with Crippen LogP contribution in [0.25, 0.3) is 0 Å². The van der Waals surface area contributed by atoms with E-state index in [0.29, 0.717) is 25.1 Å².